The summed E-state index contributed by atoms with van der Waals surface area (Å²) in [4.78, 5) is 2.70. The van der Waals surface area contributed by atoms with Gasteiger partial charge in [-0.2, -0.15) is 0 Å². The van der Waals surface area contributed by atoms with E-state index >= 15 is 0 Å². The number of rotatable bonds is 4. The highest BCUT2D eigenvalue weighted by Crippen LogP contribution is 2.36. The van der Waals surface area contributed by atoms with Crippen LogP contribution in [0.5, 0.6) is 0 Å². The highest BCUT2D eigenvalue weighted by atomic mass is 15.1. The number of anilines is 1. The second kappa shape index (κ2) is 6.62. The molecular weight excluding hydrogens is 244 g/mol. The average Bonchev–Trinajstić information content (AvgIpc) is 2.49. The van der Waals surface area contributed by atoms with E-state index in [2.05, 4.69) is 17.0 Å². The lowest BCUT2D eigenvalue weighted by molar-refractivity contribution is 0.0862. The lowest BCUT2D eigenvalue weighted by Crippen LogP contribution is -2.42. The minimum Gasteiger partial charge on any atom is -0.399 e. The van der Waals surface area contributed by atoms with Crippen LogP contribution in [0.4, 0.5) is 5.69 Å². The number of nitrogens with zero attached hydrogens (tertiary/aromatic N) is 1. The number of hydrogen-bond acceptors (Lipinski definition) is 2. The molecule has 0 bridgehead atoms. The standard InChI is InChI=1S/C18H28N2/c19-18-10-4-3-7-16(18)9-5-12-20-13-11-15-6-1-2-8-17(15)14-20/h3-4,7,10,15,17H,1-2,5-6,8-9,11-14,19H2. The highest BCUT2D eigenvalue weighted by Gasteiger charge is 2.30. The van der Waals surface area contributed by atoms with Crippen LogP contribution in [0, 0.1) is 11.8 Å². The molecule has 2 atom stereocenters. The summed E-state index contributed by atoms with van der Waals surface area (Å²) in [6, 6.07) is 8.30. The molecule has 3 rings (SSSR count). The van der Waals surface area contributed by atoms with Crippen LogP contribution in [-0.4, -0.2) is 24.5 Å². The van der Waals surface area contributed by atoms with Crippen molar-refractivity contribution in [2.45, 2.75) is 44.9 Å². The lowest BCUT2D eigenvalue weighted by Gasteiger charge is -2.41. The summed E-state index contributed by atoms with van der Waals surface area (Å²) in [5.74, 6) is 2.05. The van der Waals surface area contributed by atoms with Gasteiger partial charge in [-0.1, -0.05) is 37.5 Å². The van der Waals surface area contributed by atoms with Crippen molar-refractivity contribution in [2.24, 2.45) is 11.8 Å². The Balaban J connectivity index is 1.44. The molecule has 1 saturated heterocycles. The van der Waals surface area contributed by atoms with Gasteiger partial charge in [0.2, 0.25) is 0 Å². The maximum Gasteiger partial charge on any atom is 0.0346 e. The third-order valence-corrected chi connectivity index (χ3v) is 5.35. The minimum absolute atomic E-state index is 0.957. The van der Waals surface area contributed by atoms with Crippen molar-refractivity contribution in [2.75, 3.05) is 25.4 Å². The fourth-order valence-electron chi connectivity index (χ4n) is 4.13. The molecule has 1 aromatic carbocycles. The minimum atomic E-state index is 0.957. The molecule has 2 fully saturated rings. The molecule has 2 aliphatic rings. The second-order valence-corrected chi connectivity index (χ2v) is 6.70. The van der Waals surface area contributed by atoms with E-state index in [0.717, 1.165) is 23.9 Å². The molecule has 1 saturated carbocycles. The van der Waals surface area contributed by atoms with Crippen LogP contribution < -0.4 is 5.73 Å². The fourth-order valence-corrected chi connectivity index (χ4v) is 4.13. The molecule has 1 heterocycles. The van der Waals surface area contributed by atoms with Gasteiger partial charge >= 0.3 is 0 Å². The van der Waals surface area contributed by atoms with Crippen LogP contribution in [0.2, 0.25) is 0 Å². The van der Waals surface area contributed by atoms with E-state index in [0.29, 0.717) is 0 Å². The predicted octanol–water partition coefficient (Wildman–Crippen LogP) is 3.71. The molecule has 0 amide bonds. The topological polar surface area (TPSA) is 29.3 Å². The predicted molar refractivity (Wildman–Crippen MR) is 85.7 cm³/mol. The molecule has 0 radical (unpaired) electrons. The fraction of sp³-hybridized carbons (Fsp3) is 0.667. The SMILES string of the molecule is Nc1ccccc1CCCN1CCC2CCCCC2C1. The molecule has 0 aromatic heterocycles. The van der Waals surface area contributed by atoms with Gasteiger partial charge in [0, 0.05) is 12.2 Å². The molecule has 1 aliphatic heterocycles. The molecule has 1 aromatic rings. The molecule has 1 aliphatic carbocycles. The van der Waals surface area contributed by atoms with Crippen LogP contribution in [0.3, 0.4) is 0 Å². The Morgan fingerprint density at radius 2 is 1.85 bits per heavy atom. The highest BCUT2D eigenvalue weighted by molar-refractivity contribution is 5.46. The zero-order valence-electron chi connectivity index (χ0n) is 12.6. The third kappa shape index (κ3) is 3.35. The zero-order valence-corrected chi connectivity index (χ0v) is 12.6. The first-order chi connectivity index (χ1) is 9.83. The molecule has 2 N–H and O–H groups in total. The van der Waals surface area contributed by atoms with Gasteiger partial charge in [-0.25, -0.2) is 0 Å². The quantitative estimate of drug-likeness (QED) is 0.847. The van der Waals surface area contributed by atoms with Crippen molar-refractivity contribution in [3.05, 3.63) is 29.8 Å². The summed E-state index contributed by atoms with van der Waals surface area (Å²) in [5, 5.41) is 0. The summed E-state index contributed by atoms with van der Waals surface area (Å²) >= 11 is 0. The third-order valence-electron chi connectivity index (χ3n) is 5.35. The van der Waals surface area contributed by atoms with Gasteiger partial charge in [0.1, 0.15) is 0 Å². The van der Waals surface area contributed by atoms with E-state index in [-0.39, 0.29) is 0 Å². The van der Waals surface area contributed by atoms with E-state index in [9.17, 15) is 0 Å². The average molecular weight is 272 g/mol. The smallest absolute Gasteiger partial charge is 0.0346 e. The summed E-state index contributed by atoms with van der Waals surface area (Å²) < 4.78 is 0. The number of fused-ring (bicyclic) bond motifs is 1. The van der Waals surface area contributed by atoms with E-state index in [1.807, 2.05) is 12.1 Å². The number of likely N-dealkylation sites (tertiary alicyclic amines) is 1. The van der Waals surface area contributed by atoms with Gasteiger partial charge in [-0.3, -0.25) is 0 Å². The molecule has 2 nitrogen and oxygen atoms in total. The number of para-hydroxylation sites is 1. The first-order valence-corrected chi connectivity index (χ1v) is 8.38. The summed E-state index contributed by atoms with van der Waals surface area (Å²) in [6.45, 7) is 3.93. The number of benzene rings is 1. The monoisotopic (exact) mass is 272 g/mol. The Hall–Kier alpha value is -1.02. The Labute approximate surface area is 123 Å². The van der Waals surface area contributed by atoms with Crippen LogP contribution in [0.1, 0.15) is 44.1 Å². The van der Waals surface area contributed by atoms with Crippen molar-refractivity contribution in [3.63, 3.8) is 0 Å². The molecule has 0 spiro atoms. The van der Waals surface area contributed by atoms with Crippen LogP contribution in [0.15, 0.2) is 24.3 Å². The lowest BCUT2D eigenvalue weighted by atomic mass is 9.75. The van der Waals surface area contributed by atoms with E-state index in [4.69, 9.17) is 5.73 Å². The zero-order chi connectivity index (χ0) is 13.8. The van der Waals surface area contributed by atoms with Gasteiger partial charge in [-0.15, -0.1) is 0 Å². The maximum absolute atomic E-state index is 6.01. The van der Waals surface area contributed by atoms with Gasteiger partial charge in [0.15, 0.2) is 0 Å². The normalized spacial score (nSPS) is 27.2. The Bertz CT molecular complexity index is 429. The maximum atomic E-state index is 6.01. The number of aryl methyl sites for hydroxylation is 1. The van der Waals surface area contributed by atoms with E-state index in [1.54, 1.807) is 0 Å². The van der Waals surface area contributed by atoms with Crippen LogP contribution in [0.25, 0.3) is 0 Å². The first kappa shape index (κ1) is 13.9. The van der Waals surface area contributed by atoms with Gasteiger partial charge < -0.3 is 10.6 Å². The first-order valence-electron chi connectivity index (χ1n) is 8.38. The van der Waals surface area contributed by atoms with Gasteiger partial charge in [0.05, 0.1) is 0 Å². The van der Waals surface area contributed by atoms with E-state index < -0.39 is 0 Å². The summed E-state index contributed by atoms with van der Waals surface area (Å²) in [5.41, 5.74) is 8.29. The largest absolute Gasteiger partial charge is 0.399 e. The molecule has 2 unspecified atom stereocenters. The Morgan fingerprint density at radius 1 is 1.05 bits per heavy atom. The van der Waals surface area contributed by atoms with Crippen molar-refractivity contribution in [1.82, 2.24) is 4.90 Å². The molecule has 2 heteroatoms. The van der Waals surface area contributed by atoms with Gasteiger partial charge in [0.25, 0.3) is 0 Å². The van der Waals surface area contributed by atoms with Crippen LogP contribution in [-0.2, 0) is 6.42 Å². The van der Waals surface area contributed by atoms with Crippen LogP contribution >= 0.6 is 0 Å². The summed E-state index contributed by atoms with van der Waals surface area (Å²) in [7, 11) is 0. The van der Waals surface area contributed by atoms with Crippen molar-refractivity contribution < 1.29 is 0 Å². The van der Waals surface area contributed by atoms with Crippen molar-refractivity contribution in [1.29, 1.82) is 0 Å². The van der Waals surface area contributed by atoms with E-state index in [1.165, 1.54) is 63.7 Å². The van der Waals surface area contributed by atoms with Gasteiger partial charge in [-0.05, 0) is 62.2 Å². The second-order valence-electron chi connectivity index (χ2n) is 6.70. The summed E-state index contributed by atoms with van der Waals surface area (Å²) in [6.07, 6.45) is 9.73. The molecule has 20 heavy (non-hydrogen) atoms. The molecule has 110 valence electrons. The van der Waals surface area contributed by atoms with Crippen molar-refractivity contribution >= 4 is 5.69 Å². The van der Waals surface area contributed by atoms with Crippen molar-refractivity contribution in [3.8, 4) is 0 Å². The number of nitrogen functional groups attached to an aromatic ring is 1. The molecular formula is C18H28N2. The number of piperidine rings is 1. The Morgan fingerprint density at radius 3 is 2.70 bits per heavy atom. The number of hydrogen-bond donors (Lipinski definition) is 1. The Kier molecular flexibility index (Phi) is 4.62. The number of nitrogens with two attached hydrogens (primary N) is 1.